The third kappa shape index (κ3) is 2.04. The average Bonchev–Trinajstić information content (AvgIpc) is 2.26. The Kier molecular flexibility index (Phi) is 3.14. The lowest BCUT2D eigenvalue weighted by Gasteiger charge is -2.45. The number of carbonyl (C=O) groups is 2. The molecule has 0 aromatic rings. The van der Waals surface area contributed by atoms with E-state index in [1.54, 1.807) is 0 Å². The number of likely N-dealkylation sites (N-methyl/N-ethyl adjacent to an activating group) is 1. The van der Waals surface area contributed by atoms with Crippen LogP contribution in [0.25, 0.3) is 0 Å². The van der Waals surface area contributed by atoms with Crippen molar-refractivity contribution in [2.24, 2.45) is 5.92 Å². The zero-order chi connectivity index (χ0) is 11.7. The van der Waals surface area contributed by atoms with Crippen LogP contribution in [0.4, 0.5) is 0 Å². The largest absolute Gasteiger partial charge is 0.481 e. The second-order valence-corrected chi connectivity index (χ2v) is 4.65. The second kappa shape index (κ2) is 4.41. The minimum absolute atomic E-state index is 0.0224. The Morgan fingerprint density at radius 3 is 2.94 bits per heavy atom. The molecule has 2 aliphatic rings. The molecule has 1 saturated carbocycles. The van der Waals surface area contributed by atoms with Crippen LogP contribution in [-0.4, -0.2) is 47.1 Å². The van der Waals surface area contributed by atoms with Crippen LogP contribution >= 0.6 is 0 Å². The van der Waals surface area contributed by atoms with Crippen molar-refractivity contribution in [1.29, 1.82) is 0 Å². The summed E-state index contributed by atoms with van der Waals surface area (Å²) in [7, 11) is 0. The Morgan fingerprint density at radius 1 is 1.56 bits per heavy atom. The Balaban J connectivity index is 2.07. The van der Waals surface area contributed by atoms with E-state index < -0.39 is 5.97 Å². The molecule has 0 aromatic heterocycles. The molecule has 2 rings (SSSR count). The normalized spacial score (nSPS) is 35.3. The average molecular weight is 226 g/mol. The number of carbonyl (C=O) groups excluding carboxylic acids is 1. The van der Waals surface area contributed by atoms with Crippen molar-refractivity contribution in [3.8, 4) is 0 Å². The van der Waals surface area contributed by atoms with E-state index in [9.17, 15) is 9.59 Å². The number of carboxylic acid groups (broad SMARTS) is 1. The summed E-state index contributed by atoms with van der Waals surface area (Å²) in [5, 5.41) is 11.9. The van der Waals surface area contributed by atoms with Crippen LogP contribution in [0.1, 0.15) is 26.2 Å². The summed E-state index contributed by atoms with van der Waals surface area (Å²) >= 11 is 0. The number of hydrogen-bond acceptors (Lipinski definition) is 3. The number of nitrogens with one attached hydrogen (secondary N) is 1. The van der Waals surface area contributed by atoms with Crippen molar-refractivity contribution in [2.45, 2.75) is 38.3 Å². The van der Waals surface area contributed by atoms with E-state index >= 15 is 0 Å². The van der Waals surface area contributed by atoms with E-state index in [0.717, 1.165) is 19.4 Å². The SMILES string of the molecule is CCN1CC(=O)N[C@H]2C[C@@H](C(=O)O)CC[C@@H]21. The number of hydrogen-bond donors (Lipinski definition) is 2. The summed E-state index contributed by atoms with van der Waals surface area (Å²) in [5.74, 6) is -1.01. The molecule has 90 valence electrons. The summed E-state index contributed by atoms with van der Waals surface area (Å²) in [4.78, 5) is 24.6. The maximum atomic E-state index is 11.5. The molecule has 2 fully saturated rings. The summed E-state index contributed by atoms with van der Waals surface area (Å²) in [6, 6.07) is 0.356. The van der Waals surface area contributed by atoms with Gasteiger partial charge in [0.1, 0.15) is 0 Å². The minimum atomic E-state index is -0.735. The number of piperazine rings is 1. The molecular formula is C11H18N2O3. The number of rotatable bonds is 2. The van der Waals surface area contributed by atoms with Gasteiger partial charge in [-0.2, -0.15) is 0 Å². The van der Waals surface area contributed by atoms with E-state index in [1.165, 1.54) is 0 Å². The van der Waals surface area contributed by atoms with Gasteiger partial charge < -0.3 is 10.4 Å². The first kappa shape index (κ1) is 11.4. The van der Waals surface area contributed by atoms with Crippen LogP contribution in [0.15, 0.2) is 0 Å². The van der Waals surface area contributed by atoms with Crippen LogP contribution in [0.2, 0.25) is 0 Å². The fraction of sp³-hybridized carbons (Fsp3) is 0.818. The molecule has 2 N–H and O–H groups in total. The molecule has 16 heavy (non-hydrogen) atoms. The fourth-order valence-corrected chi connectivity index (χ4v) is 2.87. The van der Waals surface area contributed by atoms with Gasteiger partial charge in [-0.15, -0.1) is 0 Å². The van der Waals surface area contributed by atoms with Crippen LogP contribution < -0.4 is 5.32 Å². The van der Waals surface area contributed by atoms with E-state index in [1.807, 2.05) is 6.92 Å². The highest BCUT2D eigenvalue weighted by molar-refractivity contribution is 5.79. The quantitative estimate of drug-likeness (QED) is 0.698. The van der Waals surface area contributed by atoms with Gasteiger partial charge in [-0.1, -0.05) is 6.92 Å². The smallest absolute Gasteiger partial charge is 0.306 e. The van der Waals surface area contributed by atoms with Crippen molar-refractivity contribution in [3.05, 3.63) is 0 Å². The van der Waals surface area contributed by atoms with Crippen molar-refractivity contribution < 1.29 is 14.7 Å². The third-order valence-electron chi connectivity index (χ3n) is 3.73. The van der Waals surface area contributed by atoms with Crippen LogP contribution in [0, 0.1) is 5.92 Å². The maximum Gasteiger partial charge on any atom is 0.306 e. The highest BCUT2D eigenvalue weighted by atomic mass is 16.4. The van der Waals surface area contributed by atoms with Gasteiger partial charge in [-0.05, 0) is 25.8 Å². The van der Waals surface area contributed by atoms with Gasteiger partial charge in [0.2, 0.25) is 5.91 Å². The van der Waals surface area contributed by atoms with Gasteiger partial charge in [0.25, 0.3) is 0 Å². The summed E-state index contributed by atoms with van der Waals surface area (Å²) in [6.07, 6.45) is 2.17. The lowest BCUT2D eigenvalue weighted by molar-refractivity contribution is -0.145. The molecule has 5 heteroatoms. The Morgan fingerprint density at radius 2 is 2.31 bits per heavy atom. The summed E-state index contributed by atoms with van der Waals surface area (Å²) < 4.78 is 0. The molecule has 1 aliphatic heterocycles. The van der Waals surface area contributed by atoms with Crippen molar-refractivity contribution in [1.82, 2.24) is 10.2 Å². The number of fused-ring (bicyclic) bond motifs is 1. The zero-order valence-corrected chi connectivity index (χ0v) is 9.48. The molecule has 1 saturated heterocycles. The number of nitrogens with zero attached hydrogens (tertiary/aromatic N) is 1. The molecular weight excluding hydrogens is 208 g/mol. The summed E-state index contributed by atoms with van der Waals surface area (Å²) in [5.41, 5.74) is 0. The number of carboxylic acids is 1. The first-order valence-electron chi connectivity index (χ1n) is 5.88. The molecule has 0 radical (unpaired) electrons. The molecule has 0 bridgehead atoms. The molecule has 0 unspecified atom stereocenters. The first-order chi connectivity index (χ1) is 7.61. The van der Waals surface area contributed by atoms with E-state index in [4.69, 9.17) is 5.11 Å². The van der Waals surface area contributed by atoms with Gasteiger partial charge >= 0.3 is 5.97 Å². The maximum absolute atomic E-state index is 11.5. The van der Waals surface area contributed by atoms with E-state index in [2.05, 4.69) is 10.2 Å². The first-order valence-corrected chi connectivity index (χ1v) is 5.88. The predicted molar refractivity (Wildman–Crippen MR) is 57.9 cm³/mol. The Hall–Kier alpha value is -1.10. The molecule has 0 aromatic carbocycles. The fourth-order valence-electron chi connectivity index (χ4n) is 2.87. The van der Waals surface area contributed by atoms with Crippen molar-refractivity contribution >= 4 is 11.9 Å². The molecule has 1 amide bonds. The molecule has 1 heterocycles. The number of aliphatic carboxylic acids is 1. The van der Waals surface area contributed by atoms with Crippen LogP contribution in [-0.2, 0) is 9.59 Å². The predicted octanol–water partition coefficient (Wildman–Crippen LogP) is 0.0600. The Bertz CT molecular complexity index is 306. The van der Waals surface area contributed by atoms with Crippen molar-refractivity contribution in [2.75, 3.05) is 13.1 Å². The van der Waals surface area contributed by atoms with Crippen molar-refractivity contribution in [3.63, 3.8) is 0 Å². The van der Waals surface area contributed by atoms with E-state index in [-0.39, 0.29) is 17.9 Å². The molecule has 0 spiro atoms. The minimum Gasteiger partial charge on any atom is -0.481 e. The lowest BCUT2D eigenvalue weighted by atomic mass is 9.80. The van der Waals surface area contributed by atoms with Gasteiger partial charge in [0.15, 0.2) is 0 Å². The monoisotopic (exact) mass is 226 g/mol. The second-order valence-electron chi connectivity index (χ2n) is 4.65. The standard InChI is InChI=1S/C11H18N2O3/c1-2-13-6-10(14)12-8-5-7(11(15)16)3-4-9(8)13/h7-9H,2-6H2,1H3,(H,12,14)(H,15,16)/t7-,8-,9-/m0/s1. The van der Waals surface area contributed by atoms with Crippen LogP contribution in [0.5, 0.6) is 0 Å². The van der Waals surface area contributed by atoms with Gasteiger partial charge in [0, 0.05) is 12.1 Å². The molecule has 3 atom stereocenters. The lowest BCUT2D eigenvalue weighted by Crippen LogP contribution is -2.62. The van der Waals surface area contributed by atoms with E-state index in [0.29, 0.717) is 19.0 Å². The summed E-state index contributed by atoms with van der Waals surface area (Å²) in [6.45, 7) is 3.35. The third-order valence-corrected chi connectivity index (χ3v) is 3.73. The highest BCUT2D eigenvalue weighted by Gasteiger charge is 2.40. The molecule has 5 nitrogen and oxygen atoms in total. The Labute approximate surface area is 94.8 Å². The van der Waals surface area contributed by atoms with Gasteiger partial charge in [0.05, 0.1) is 12.5 Å². The zero-order valence-electron chi connectivity index (χ0n) is 9.48. The molecule has 1 aliphatic carbocycles. The number of amides is 1. The van der Waals surface area contributed by atoms with Crippen LogP contribution in [0.3, 0.4) is 0 Å². The van der Waals surface area contributed by atoms with Gasteiger partial charge in [-0.25, -0.2) is 0 Å². The topological polar surface area (TPSA) is 69.6 Å². The van der Waals surface area contributed by atoms with Gasteiger partial charge in [-0.3, -0.25) is 14.5 Å². The highest BCUT2D eigenvalue weighted by Crippen LogP contribution is 2.29.